The van der Waals surface area contributed by atoms with Crippen molar-refractivity contribution in [2.45, 2.75) is 13.5 Å². The highest BCUT2D eigenvalue weighted by Crippen LogP contribution is 2.23. The molecule has 0 spiro atoms. The van der Waals surface area contributed by atoms with E-state index in [4.69, 9.17) is 11.6 Å². The topological polar surface area (TPSA) is 91.3 Å². The van der Waals surface area contributed by atoms with E-state index in [0.29, 0.717) is 22.4 Å². The monoisotopic (exact) mass is 325 g/mol. The number of amides is 1. The quantitative estimate of drug-likeness (QED) is 0.785. The molecule has 0 saturated carbocycles. The number of aromatic nitrogens is 1. The van der Waals surface area contributed by atoms with Crippen LogP contribution in [0.15, 0.2) is 24.4 Å². The minimum atomic E-state index is -1.08. The summed E-state index contributed by atoms with van der Waals surface area (Å²) in [7, 11) is 0. The molecular formula is C13H12ClN3O3S. The van der Waals surface area contributed by atoms with Gasteiger partial charge >= 0.3 is 5.97 Å². The molecular weight excluding hydrogens is 314 g/mol. The van der Waals surface area contributed by atoms with E-state index >= 15 is 0 Å². The maximum Gasteiger partial charge on any atom is 0.337 e. The summed E-state index contributed by atoms with van der Waals surface area (Å²) in [4.78, 5) is 27.1. The van der Waals surface area contributed by atoms with E-state index in [1.54, 1.807) is 18.3 Å². The van der Waals surface area contributed by atoms with Gasteiger partial charge in [-0.25, -0.2) is 9.78 Å². The summed E-state index contributed by atoms with van der Waals surface area (Å²) < 4.78 is 0.436. The average molecular weight is 326 g/mol. The highest BCUT2D eigenvalue weighted by molar-refractivity contribution is 7.15. The highest BCUT2D eigenvalue weighted by atomic mass is 35.5. The van der Waals surface area contributed by atoms with Crippen LogP contribution >= 0.6 is 22.9 Å². The maximum atomic E-state index is 11.3. The molecule has 0 bridgehead atoms. The molecule has 0 fully saturated rings. The number of hydrogen-bond donors (Lipinski definition) is 3. The second-order valence-electron chi connectivity index (χ2n) is 4.18. The first-order chi connectivity index (χ1) is 9.95. The van der Waals surface area contributed by atoms with Crippen molar-refractivity contribution >= 4 is 46.2 Å². The van der Waals surface area contributed by atoms with Crippen molar-refractivity contribution in [2.75, 3.05) is 10.6 Å². The molecule has 1 aromatic carbocycles. The number of anilines is 2. The fraction of sp³-hybridized carbons (Fsp3) is 0.154. The number of carboxylic acid groups (broad SMARTS) is 1. The predicted octanol–water partition coefficient (Wildman–Crippen LogP) is 3.07. The Labute approximate surface area is 129 Å². The van der Waals surface area contributed by atoms with Gasteiger partial charge in [-0.05, 0) is 18.2 Å². The number of nitrogens with one attached hydrogen (secondary N) is 2. The van der Waals surface area contributed by atoms with Gasteiger partial charge in [0, 0.05) is 29.4 Å². The molecule has 0 radical (unpaired) electrons. The molecule has 0 aliphatic carbocycles. The lowest BCUT2D eigenvalue weighted by Gasteiger charge is -2.10. The van der Waals surface area contributed by atoms with E-state index in [1.807, 2.05) is 0 Å². The third kappa shape index (κ3) is 4.17. The van der Waals surface area contributed by atoms with Crippen molar-refractivity contribution in [3.8, 4) is 0 Å². The molecule has 0 aliphatic rings. The van der Waals surface area contributed by atoms with E-state index in [2.05, 4.69) is 15.6 Å². The third-order valence-electron chi connectivity index (χ3n) is 2.55. The van der Waals surface area contributed by atoms with Gasteiger partial charge in [0.2, 0.25) is 5.91 Å². The largest absolute Gasteiger partial charge is 0.478 e. The average Bonchev–Trinajstić information content (AvgIpc) is 2.82. The molecule has 8 heteroatoms. The van der Waals surface area contributed by atoms with Crippen LogP contribution in [0.4, 0.5) is 11.4 Å². The first kappa shape index (κ1) is 15.3. The fourth-order valence-electron chi connectivity index (χ4n) is 1.70. The van der Waals surface area contributed by atoms with Crippen LogP contribution in [-0.4, -0.2) is 22.0 Å². The van der Waals surface area contributed by atoms with Crippen molar-refractivity contribution in [2.24, 2.45) is 0 Å². The van der Waals surface area contributed by atoms with Crippen LogP contribution in [0, 0.1) is 0 Å². The SMILES string of the molecule is CC(=O)Nc1ccc(NCc2cnc(Cl)s2)c(C(=O)O)c1. The van der Waals surface area contributed by atoms with Crippen molar-refractivity contribution in [3.63, 3.8) is 0 Å². The van der Waals surface area contributed by atoms with E-state index in [9.17, 15) is 14.7 Å². The lowest BCUT2D eigenvalue weighted by Crippen LogP contribution is -2.09. The minimum absolute atomic E-state index is 0.0804. The standard InChI is InChI=1S/C13H12ClN3O3S/c1-7(18)17-8-2-3-11(10(4-8)12(19)20)15-5-9-6-16-13(14)21-9/h2-4,6,15H,5H2,1H3,(H,17,18)(H,19,20). The van der Waals surface area contributed by atoms with E-state index in [1.165, 1.54) is 24.3 Å². The molecule has 2 rings (SSSR count). The van der Waals surface area contributed by atoms with Gasteiger partial charge in [-0.15, -0.1) is 11.3 Å². The molecule has 110 valence electrons. The maximum absolute atomic E-state index is 11.3. The van der Waals surface area contributed by atoms with Gasteiger partial charge in [-0.2, -0.15) is 0 Å². The van der Waals surface area contributed by atoms with E-state index < -0.39 is 5.97 Å². The molecule has 6 nitrogen and oxygen atoms in total. The Morgan fingerprint density at radius 3 is 2.76 bits per heavy atom. The zero-order valence-electron chi connectivity index (χ0n) is 11.0. The Hall–Kier alpha value is -2.12. The Morgan fingerprint density at radius 1 is 1.43 bits per heavy atom. The second-order valence-corrected chi connectivity index (χ2v) is 5.88. The minimum Gasteiger partial charge on any atom is -0.478 e. The van der Waals surface area contributed by atoms with Crippen LogP contribution in [0.1, 0.15) is 22.2 Å². The molecule has 1 heterocycles. The van der Waals surface area contributed by atoms with Crippen LogP contribution in [0.2, 0.25) is 4.47 Å². The Bertz CT molecular complexity index is 687. The summed E-state index contributed by atoms with van der Waals surface area (Å²) in [6, 6.07) is 4.65. The molecule has 0 unspecified atom stereocenters. The van der Waals surface area contributed by atoms with Gasteiger partial charge in [0.1, 0.15) is 0 Å². The number of nitrogens with zero attached hydrogens (tertiary/aromatic N) is 1. The Morgan fingerprint density at radius 2 is 2.19 bits per heavy atom. The summed E-state index contributed by atoms with van der Waals surface area (Å²) in [6.45, 7) is 1.78. The number of carbonyl (C=O) groups excluding carboxylic acids is 1. The fourth-order valence-corrected chi connectivity index (χ4v) is 2.62. The number of carboxylic acids is 1. The number of hydrogen-bond acceptors (Lipinski definition) is 5. The van der Waals surface area contributed by atoms with Crippen LogP contribution in [-0.2, 0) is 11.3 Å². The lowest BCUT2D eigenvalue weighted by atomic mass is 10.1. The molecule has 1 amide bonds. The molecule has 0 aliphatic heterocycles. The van der Waals surface area contributed by atoms with Gasteiger partial charge in [-0.1, -0.05) is 11.6 Å². The number of aromatic carboxylic acids is 1. The third-order valence-corrected chi connectivity index (χ3v) is 3.66. The smallest absolute Gasteiger partial charge is 0.337 e. The van der Waals surface area contributed by atoms with Crippen molar-refractivity contribution < 1.29 is 14.7 Å². The molecule has 3 N–H and O–H groups in total. The molecule has 0 saturated heterocycles. The first-order valence-electron chi connectivity index (χ1n) is 5.94. The first-order valence-corrected chi connectivity index (χ1v) is 7.14. The Balaban J connectivity index is 2.18. The van der Waals surface area contributed by atoms with Crippen molar-refractivity contribution in [1.29, 1.82) is 0 Å². The second kappa shape index (κ2) is 6.55. The number of benzene rings is 1. The van der Waals surface area contributed by atoms with E-state index in [-0.39, 0.29) is 11.5 Å². The molecule has 0 atom stereocenters. The summed E-state index contributed by atoms with van der Waals surface area (Å²) in [5.74, 6) is -1.33. The summed E-state index contributed by atoms with van der Waals surface area (Å²) in [5, 5.41) is 14.8. The van der Waals surface area contributed by atoms with Gasteiger partial charge in [0.05, 0.1) is 12.1 Å². The zero-order valence-corrected chi connectivity index (χ0v) is 12.6. The highest BCUT2D eigenvalue weighted by Gasteiger charge is 2.12. The summed E-state index contributed by atoms with van der Waals surface area (Å²) in [6.07, 6.45) is 1.63. The van der Waals surface area contributed by atoms with Crippen LogP contribution < -0.4 is 10.6 Å². The van der Waals surface area contributed by atoms with Gasteiger partial charge in [0.25, 0.3) is 0 Å². The van der Waals surface area contributed by atoms with Gasteiger partial charge in [-0.3, -0.25) is 4.79 Å². The predicted molar refractivity (Wildman–Crippen MR) is 82.2 cm³/mol. The normalized spacial score (nSPS) is 10.2. The van der Waals surface area contributed by atoms with Gasteiger partial charge < -0.3 is 15.7 Å². The molecule has 21 heavy (non-hydrogen) atoms. The summed E-state index contributed by atoms with van der Waals surface area (Å²) in [5.41, 5.74) is 0.976. The van der Waals surface area contributed by atoms with Crippen LogP contribution in [0.25, 0.3) is 0 Å². The molecule has 1 aromatic heterocycles. The van der Waals surface area contributed by atoms with Crippen LogP contribution in [0.5, 0.6) is 0 Å². The summed E-state index contributed by atoms with van der Waals surface area (Å²) >= 11 is 7.06. The zero-order chi connectivity index (χ0) is 15.4. The number of rotatable bonds is 5. The van der Waals surface area contributed by atoms with Crippen LogP contribution in [0.3, 0.4) is 0 Å². The van der Waals surface area contributed by atoms with Gasteiger partial charge in [0.15, 0.2) is 4.47 Å². The number of carbonyl (C=O) groups is 2. The Kier molecular flexibility index (Phi) is 4.77. The molecule has 2 aromatic rings. The van der Waals surface area contributed by atoms with E-state index in [0.717, 1.165) is 4.88 Å². The van der Waals surface area contributed by atoms with Crippen molar-refractivity contribution in [1.82, 2.24) is 4.98 Å². The number of thiazole rings is 1. The lowest BCUT2D eigenvalue weighted by molar-refractivity contribution is -0.114. The van der Waals surface area contributed by atoms with Crippen molar-refractivity contribution in [3.05, 3.63) is 39.3 Å². The number of halogens is 1.